The molecule has 4 unspecified atom stereocenters. The second kappa shape index (κ2) is 10.8. The number of carbonyl (C=O) groups excluding carboxylic acids is 2. The lowest BCUT2D eigenvalue weighted by molar-refractivity contribution is -0.143. The van der Waals surface area contributed by atoms with Crippen molar-refractivity contribution in [2.45, 2.75) is 83.8 Å². The Morgan fingerprint density at radius 2 is 1.96 bits per heavy atom. The van der Waals surface area contributed by atoms with Crippen LogP contribution in [-0.4, -0.2) is 40.8 Å². The zero-order valence-electron chi connectivity index (χ0n) is 14.5. The number of aliphatic hydroxyl groups is 2. The smallest absolute Gasteiger partial charge is 0.305 e. The predicted octanol–water partition coefficient (Wildman–Crippen LogP) is 2.62. The van der Waals surface area contributed by atoms with Gasteiger partial charge >= 0.3 is 5.97 Å². The van der Waals surface area contributed by atoms with Gasteiger partial charge in [-0.3, -0.25) is 9.59 Å². The Hall–Kier alpha value is -0.940. The maximum absolute atomic E-state index is 12.0. The molecule has 0 saturated heterocycles. The molecule has 1 fully saturated rings. The standard InChI is InChI=1S/C18H32O5/c1-3-23-18(22)9-7-5-4-6-8-14-15(11-10-13(2)19)17(21)12-16(14)20/h13-15,17,19,21H,3-12H2,1-2H3. The average Bonchev–Trinajstić information content (AvgIpc) is 2.74. The highest BCUT2D eigenvalue weighted by molar-refractivity contribution is 5.84. The molecule has 0 aromatic rings. The van der Waals surface area contributed by atoms with Crippen LogP contribution in [0.3, 0.4) is 0 Å². The van der Waals surface area contributed by atoms with Gasteiger partial charge in [0.2, 0.25) is 0 Å². The van der Waals surface area contributed by atoms with Crippen LogP contribution in [0.1, 0.15) is 71.6 Å². The van der Waals surface area contributed by atoms with Crippen molar-refractivity contribution in [3.63, 3.8) is 0 Å². The number of hydrogen-bond donors (Lipinski definition) is 2. The van der Waals surface area contributed by atoms with Crippen LogP contribution in [0.15, 0.2) is 0 Å². The molecule has 1 rings (SSSR count). The summed E-state index contributed by atoms with van der Waals surface area (Å²) in [6.07, 6.45) is 5.65. The summed E-state index contributed by atoms with van der Waals surface area (Å²) in [6, 6.07) is 0. The van der Waals surface area contributed by atoms with Crippen molar-refractivity contribution in [1.29, 1.82) is 0 Å². The number of ether oxygens (including phenoxy) is 1. The molecule has 0 amide bonds. The molecule has 0 bridgehead atoms. The first-order chi connectivity index (χ1) is 11.0. The largest absolute Gasteiger partial charge is 0.466 e. The molecule has 5 nitrogen and oxygen atoms in total. The maximum atomic E-state index is 12.0. The van der Waals surface area contributed by atoms with Crippen LogP contribution in [0.5, 0.6) is 0 Å². The molecule has 2 N–H and O–H groups in total. The van der Waals surface area contributed by atoms with Crippen LogP contribution < -0.4 is 0 Å². The van der Waals surface area contributed by atoms with Crippen molar-refractivity contribution in [2.24, 2.45) is 11.8 Å². The zero-order valence-corrected chi connectivity index (χ0v) is 14.5. The van der Waals surface area contributed by atoms with Crippen molar-refractivity contribution in [2.75, 3.05) is 6.61 Å². The van der Waals surface area contributed by atoms with Crippen molar-refractivity contribution in [3.8, 4) is 0 Å². The predicted molar refractivity (Wildman–Crippen MR) is 87.9 cm³/mol. The molecule has 0 aromatic carbocycles. The Balaban J connectivity index is 2.23. The SMILES string of the molecule is CCOC(=O)CCCCCCC1C(=O)CC(O)C1CCC(C)O. The third-order valence-corrected chi connectivity index (χ3v) is 4.70. The number of esters is 1. The highest BCUT2D eigenvalue weighted by atomic mass is 16.5. The minimum absolute atomic E-state index is 0.00312. The van der Waals surface area contributed by atoms with Gasteiger partial charge in [-0.05, 0) is 45.4 Å². The molecule has 0 aliphatic heterocycles. The summed E-state index contributed by atoms with van der Waals surface area (Å²) in [5.74, 6) is -0.0372. The number of hydrogen-bond acceptors (Lipinski definition) is 5. The molecule has 1 saturated carbocycles. The van der Waals surface area contributed by atoms with Gasteiger partial charge in [-0.1, -0.05) is 19.3 Å². The van der Waals surface area contributed by atoms with Gasteiger partial charge in [0.05, 0.1) is 18.8 Å². The van der Waals surface area contributed by atoms with E-state index in [9.17, 15) is 19.8 Å². The number of unbranched alkanes of at least 4 members (excludes halogenated alkanes) is 3. The van der Waals surface area contributed by atoms with E-state index in [4.69, 9.17) is 4.74 Å². The Kier molecular flexibility index (Phi) is 9.41. The van der Waals surface area contributed by atoms with Gasteiger partial charge in [0.1, 0.15) is 5.78 Å². The molecule has 4 atom stereocenters. The summed E-state index contributed by atoms with van der Waals surface area (Å²) in [6.45, 7) is 3.97. The van der Waals surface area contributed by atoms with E-state index in [0.29, 0.717) is 25.9 Å². The summed E-state index contributed by atoms with van der Waals surface area (Å²) < 4.78 is 4.88. The first kappa shape index (κ1) is 20.1. The molecule has 0 heterocycles. The average molecular weight is 328 g/mol. The van der Waals surface area contributed by atoms with Crippen molar-refractivity contribution < 1.29 is 24.5 Å². The zero-order chi connectivity index (χ0) is 17.2. The molecule has 1 aliphatic carbocycles. The number of aliphatic hydroxyl groups excluding tert-OH is 2. The van der Waals surface area contributed by atoms with Gasteiger partial charge < -0.3 is 14.9 Å². The third-order valence-electron chi connectivity index (χ3n) is 4.70. The molecule has 23 heavy (non-hydrogen) atoms. The lowest BCUT2D eigenvalue weighted by Crippen LogP contribution is -2.22. The van der Waals surface area contributed by atoms with Gasteiger partial charge in [0.15, 0.2) is 0 Å². The van der Waals surface area contributed by atoms with Crippen LogP contribution in [0, 0.1) is 11.8 Å². The monoisotopic (exact) mass is 328 g/mol. The quantitative estimate of drug-likeness (QED) is 0.450. The molecule has 134 valence electrons. The van der Waals surface area contributed by atoms with Gasteiger partial charge in [-0.2, -0.15) is 0 Å². The summed E-state index contributed by atoms with van der Waals surface area (Å²) in [5.41, 5.74) is 0. The van der Waals surface area contributed by atoms with Crippen LogP contribution in [0.4, 0.5) is 0 Å². The van der Waals surface area contributed by atoms with Gasteiger partial charge in [-0.15, -0.1) is 0 Å². The number of rotatable bonds is 11. The third kappa shape index (κ3) is 7.44. The lowest BCUT2D eigenvalue weighted by atomic mass is 9.85. The molecule has 0 radical (unpaired) electrons. The molecule has 0 aromatic heterocycles. The Morgan fingerprint density at radius 3 is 2.61 bits per heavy atom. The Bertz CT molecular complexity index is 366. The van der Waals surface area contributed by atoms with Gasteiger partial charge in [-0.25, -0.2) is 0 Å². The number of carbonyl (C=O) groups is 2. The van der Waals surface area contributed by atoms with E-state index >= 15 is 0 Å². The van der Waals surface area contributed by atoms with E-state index in [0.717, 1.165) is 32.1 Å². The Labute approximate surface area is 139 Å². The number of Topliss-reactive ketones (excluding diaryl/α,β-unsaturated/α-hetero) is 1. The van der Waals surface area contributed by atoms with E-state index in [-0.39, 0.29) is 36.1 Å². The molecular formula is C18H32O5. The fraction of sp³-hybridized carbons (Fsp3) is 0.889. The molecular weight excluding hydrogens is 296 g/mol. The highest BCUT2D eigenvalue weighted by Gasteiger charge is 2.40. The molecule has 5 heteroatoms. The maximum Gasteiger partial charge on any atom is 0.305 e. The highest BCUT2D eigenvalue weighted by Crippen LogP contribution is 2.36. The fourth-order valence-electron chi connectivity index (χ4n) is 3.44. The van der Waals surface area contributed by atoms with E-state index in [2.05, 4.69) is 0 Å². The van der Waals surface area contributed by atoms with Crippen molar-refractivity contribution in [3.05, 3.63) is 0 Å². The van der Waals surface area contributed by atoms with E-state index in [1.807, 2.05) is 0 Å². The molecule has 1 aliphatic rings. The van der Waals surface area contributed by atoms with Crippen molar-refractivity contribution >= 4 is 11.8 Å². The van der Waals surface area contributed by atoms with E-state index in [1.54, 1.807) is 13.8 Å². The summed E-state index contributed by atoms with van der Waals surface area (Å²) in [5, 5.41) is 19.4. The normalized spacial score (nSPS) is 25.6. The van der Waals surface area contributed by atoms with Crippen LogP contribution >= 0.6 is 0 Å². The minimum atomic E-state index is -0.546. The van der Waals surface area contributed by atoms with Gasteiger partial charge in [0.25, 0.3) is 0 Å². The Morgan fingerprint density at radius 1 is 1.26 bits per heavy atom. The summed E-state index contributed by atoms with van der Waals surface area (Å²) in [7, 11) is 0. The lowest BCUT2D eigenvalue weighted by Gasteiger charge is -2.21. The number of ketones is 1. The minimum Gasteiger partial charge on any atom is -0.466 e. The van der Waals surface area contributed by atoms with Gasteiger partial charge in [0, 0.05) is 18.8 Å². The van der Waals surface area contributed by atoms with E-state index < -0.39 is 6.10 Å². The van der Waals surface area contributed by atoms with Crippen LogP contribution in [0.25, 0.3) is 0 Å². The van der Waals surface area contributed by atoms with Crippen LogP contribution in [-0.2, 0) is 14.3 Å². The van der Waals surface area contributed by atoms with Crippen LogP contribution in [0.2, 0.25) is 0 Å². The first-order valence-electron chi connectivity index (χ1n) is 9.00. The first-order valence-corrected chi connectivity index (χ1v) is 9.00. The fourth-order valence-corrected chi connectivity index (χ4v) is 3.44. The second-order valence-corrected chi connectivity index (χ2v) is 6.69. The topological polar surface area (TPSA) is 83.8 Å². The molecule has 0 spiro atoms. The second-order valence-electron chi connectivity index (χ2n) is 6.69. The van der Waals surface area contributed by atoms with E-state index in [1.165, 1.54) is 0 Å². The van der Waals surface area contributed by atoms with Crippen molar-refractivity contribution in [1.82, 2.24) is 0 Å². The summed E-state index contributed by atoms with van der Waals surface area (Å²) >= 11 is 0. The summed E-state index contributed by atoms with van der Waals surface area (Å²) in [4.78, 5) is 23.3.